The predicted octanol–water partition coefficient (Wildman–Crippen LogP) is 9.95. The normalized spacial score (nSPS) is 11.4. The number of benzene rings is 6. The average Bonchev–Trinajstić information content (AvgIpc) is 3.09. The second kappa shape index (κ2) is 11.2. The molecule has 2 N–H and O–H groups in total. The lowest BCUT2D eigenvalue weighted by Crippen LogP contribution is -2.15. The maximum atomic E-state index is 4.90. The molecule has 8 aromatic rings. The van der Waals surface area contributed by atoms with Crippen molar-refractivity contribution in [1.82, 2.24) is 9.97 Å². The molecule has 0 fully saturated rings. The van der Waals surface area contributed by atoms with E-state index in [1.165, 1.54) is 32.3 Å². The summed E-state index contributed by atoms with van der Waals surface area (Å²) in [5, 5.41) is 16.9. The predicted molar refractivity (Wildman–Crippen MR) is 186 cm³/mol. The zero-order valence-electron chi connectivity index (χ0n) is 24.2. The number of nitrogens with zero attached hydrogens (tertiary/aromatic N) is 2. The zero-order valence-corrected chi connectivity index (χ0v) is 24.2. The first-order chi connectivity index (χ1) is 21.8. The Kier molecular flexibility index (Phi) is 6.58. The minimum Gasteiger partial charge on any atom is -0.383 e. The molecule has 2 aromatic heterocycles. The minimum atomic E-state index is 0.728. The van der Waals surface area contributed by atoms with Gasteiger partial charge in [-0.25, -0.2) is 0 Å². The van der Waals surface area contributed by atoms with Crippen LogP contribution >= 0.6 is 0 Å². The largest absolute Gasteiger partial charge is 0.383 e. The van der Waals surface area contributed by atoms with Crippen LogP contribution < -0.4 is 10.6 Å². The van der Waals surface area contributed by atoms with Gasteiger partial charge in [0.2, 0.25) is 0 Å². The lowest BCUT2D eigenvalue weighted by atomic mass is 9.96. The van der Waals surface area contributed by atoms with Gasteiger partial charge in [-0.05, 0) is 56.6 Å². The lowest BCUT2D eigenvalue weighted by Gasteiger charge is -2.18. The second-order valence-corrected chi connectivity index (χ2v) is 11.0. The fourth-order valence-electron chi connectivity index (χ4n) is 6.38. The van der Waals surface area contributed by atoms with Crippen LogP contribution in [0.25, 0.3) is 65.6 Å². The number of aromatic nitrogens is 2. The van der Waals surface area contributed by atoms with Crippen molar-refractivity contribution < 1.29 is 0 Å². The van der Waals surface area contributed by atoms with E-state index in [2.05, 4.69) is 144 Å². The zero-order chi connectivity index (χ0) is 29.3. The van der Waals surface area contributed by atoms with Crippen molar-refractivity contribution in [2.75, 3.05) is 23.7 Å². The summed E-state index contributed by atoms with van der Waals surface area (Å²) in [4.78, 5) is 9.80. The smallest absolute Gasteiger partial charge is 0.0807 e. The highest BCUT2D eigenvalue weighted by atomic mass is 15.0. The molecule has 0 amide bonds. The molecular weight excluding hydrogens is 536 g/mol. The molecule has 6 aromatic carbocycles. The van der Waals surface area contributed by atoms with Gasteiger partial charge in [0.1, 0.15) is 0 Å². The van der Waals surface area contributed by atoms with E-state index in [4.69, 9.17) is 9.97 Å². The molecule has 0 aliphatic carbocycles. The van der Waals surface area contributed by atoms with E-state index in [-0.39, 0.29) is 0 Å². The van der Waals surface area contributed by atoms with Gasteiger partial charge in [-0.15, -0.1) is 0 Å². The van der Waals surface area contributed by atoms with Gasteiger partial charge in [0.05, 0.1) is 11.4 Å². The molecule has 2 heterocycles. The molecule has 0 radical (unpaired) electrons. The van der Waals surface area contributed by atoms with Crippen molar-refractivity contribution >= 4 is 54.5 Å². The molecule has 4 nitrogen and oxygen atoms in total. The number of anilines is 2. The maximum Gasteiger partial charge on any atom is 0.0807 e. The average molecular weight is 567 g/mol. The molecule has 0 bridgehead atoms. The van der Waals surface area contributed by atoms with Crippen molar-refractivity contribution in [3.05, 3.63) is 146 Å². The quantitative estimate of drug-likeness (QED) is 0.189. The fraction of sp³-hybridized carbons (Fsp3) is 0.0500. The van der Waals surface area contributed by atoms with Gasteiger partial charge in [0, 0.05) is 58.8 Å². The Morgan fingerprint density at radius 3 is 1.16 bits per heavy atom. The van der Waals surface area contributed by atoms with Crippen molar-refractivity contribution in [3.63, 3.8) is 0 Å². The topological polar surface area (TPSA) is 49.8 Å². The summed E-state index contributed by atoms with van der Waals surface area (Å²) >= 11 is 0. The summed E-state index contributed by atoms with van der Waals surface area (Å²) in [6, 6.07) is 46.9. The first-order valence-corrected chi connectivity index (χ1v) is 15.0. The molecule has 210 valence electrons. The highest BCUT2D eigenvalue weighted by Gasteiger charge is 2.16. The van der Waals surface area contributed by atoms with Crippen LogP contribution in [0.1, 0.15) is 0 Å². The number of hydrogen-bond donors (Lipinski definition) is 2. The van der Waals surface area contributed by atoms with Gasteiger partial charge in [-0.3, -0.25) is 9.97 Å². The van der Waals surface area contributed by atoms with Crippen LogP contribution in [0.4, 0.5) is 11.4 Å². The third-order valence-electron chi connectivity index (χ3n) is 8.43. The fourth-order valence-corrected chi connectivity index (χ4v) is 6.38. The van der Waals surface area contributed by atoms with E-state index in [0.717, 1.165) is 57.8 Å². The van der Waals surface area contributed by atoms with Gasteiger partial charge in [-0.2, -0.15) is 0 Å². The number of rotatable bonds is 7. The Morgan fingerprint density at radius 1 is 0.364 bits per heavy atom. The van der Waals surface area contributed by atoms with E-state index in [1.807, 2.05) is 12.4 Å². The third kappa shape index (κ3) is 4.58. The van der Waals surface area contributed by atoms with Crippen molar-refractivity contribution in [3.8, 4) is 22.5 Å². The Balaban J connectivity index is 1.14. The Bertz CT molecular complexity index is 2130. The van der Waals surface area contributed by atoms with Gasteiger partial charge >= 0.3 is 0 Å². The molecule has 0 saturated heterocycles. The van der Waals surface area contributed by atoms with Gasteiger partial charge in [-0.1, -0.05) is 109 Å². The van der Waals surface area contributed by atoms with E-state index < -0.39 is 0 Å². The molecule has 0 atom stereocenters. The van der Waals surface area contributed by atoms with Gasteiger partial charge in [0.15, 0.2) is 0 Å². The molecular formula is C40H30N4. The second-order valence-electron chi connectivity index (χ2n) is 11.0. The summed E-state index contributed by atoms with van der Waals surface area (Å²) in [6.07, 6.45) is 3.82. The Labute approximate surface area is 256 Å². The van der Waals surface area contributed by atoms with Crippen LogP contribution in [0, 0.1) is 0 Å². The highest BCUT2D eigenvalue weighted by molar-refractivity contribution is 6.09. The molecule has 0 saturated carbocycles. The Morgan fingerprint density at radius 2 is 0.727 bits per heavy atom. The first-order valence-electron chi connectivity index (χ1n) is 15.0. The summed E-state index contributed by atoms with van der Waals surface area (Å²) in [5.74, 6) is 0. The summed E-state index contributed by atoms with van der Waals surface area (Å²) < 4.78 is 0. The van der Waals surface area contributed by atoms with Gasteiger partial charge < -0.3 is 10.6 Å². The van der Waals surface area contributed by atoms with Crippen molar-refractivity contribution in [2.45, 2.75) is 0 Å². The van der Waals surface area contributed by atoms with Crippen LogP contribution in [0.2, 0.25) is 0 Å². The van der Waals surface area contributed by atoms with Crippen LogP contribution in [0.3, 0.4) is 0 Å². The Hall–Kier alpha value is -5.74. The maximum absolute atomic E-state index is 4.90. The van der Waals surface area contributed by atoms with E-state index in [9.17, 15) is 0 Å². The minimum absolute atomic E-state index is 0.728. The van der Waals surface area contributed by atoms with Gasteiger partial charge in [0.25, 0.3) is 0 Å². The standard InChI is InChI=1S/C40H30N4/c1-5-13-31-27(9-1)17-19-35(37(31)39-33-15-7-3-11-29(33)21-23-43-39)41-25-26-42-36-20-18-28-10-2-6-14-32(28)38(36)40-34-16-8-4-12-30(34)22-24-44-40/h1-24,41-42H,25-26H2. The number of pyridine rings is 2. The van der Waals surface area contributed by atoms with E-state index >= 15 is 0 Å². The molecule has 44 heavy (non-hydrogen) atoms. The summed E-state index contributed by atoms with van der Waals surface area (Å²) in [5.41, 5.74) is 6.40. The number of nitrogens with one attached hydrogen (secondary N) is 2. The molecule has 0 aliphatic heterocycles. The molecule has 0 spiro atoms. The third-order valence-corrected chi connectivity index (χ3v) is 8.43. The molecule has 0 unspecified atom stereocenters. The highest BCUT2D eigenvalue weighted by Crippen LogP contribution is 2.39. The SMILES string of the molecule is c1ccc2c(-c3c(NCCNc4ccc5ccccc5c4-c4nccc5ccccc45)ccc4ccccc34)nccc2c1. The van der Waals surface area contributed by atoms with E-state index in [1.54, 1.807) is 0 Å². The van der Waals surface area contributed by atoms with Crippen molar-refractivity contribution in [1.29, 1.82) is 0 Å². The van der Waals surface area contributed by atoms with Crippen molar-refractivity contribution in [2.24, 2.45) is 0 Å². The molecule has 8 rings (SSSR count). The molecule has 0 aliphatic rings. The summed E-state index contributed by atoms with van der Waals surface area (Å²) in [6.45, 7) is 1.46. The van der Waals surface area contributed by atoms with Crippen LogP contribution in [-0.2, 0) is 0 Å². The summed E-state index contributed by atoms with van der Waals surface area (Å²) in [7, 11) is 0. The van der Waals surface area contributed by atoms with Crippen LogP contribution in [0.5, 0.6) is 0 Å². The lowest BCUT2D eigenvalue weighted by molar-refractivity contribution is 1.08. The van der Waals surface area contributed by atoms with Crippen LogP contribution in [-0.4, -0.2) is 23.1 Å². The monoisotopic (exact) mass is 566 g/mol. The number of fused-ring (bicyclic) bond motifs is 4. The molecule has 4 heteroatoms. The first kappa shape index (κ1) is 25.9. The van der Waals surface area contributed by atoms with Crippen LogP contribution in [0.15, 0.2) is 146 Å². The number of hydrogen-bond acceptors (Lipinski definition) is 4. The van der Waals surface area contributed by atoms with E-state index in [0.29, 0.717) is 0 Å².